The summed E-state index contributed by atoms with van der Waals surface area (Å²) in [5, 5.41) is 2.86. The van der Waals surface area contributed by atoms with Gasteiger partial charge in [0.25, 0.3) is 11.8 Å². The van der Waals surface area contributed by atoms with Crippen molar-refractivity contribution in [2.24, 2.45) is 0 Å². The zero-order valence-electron chi connectivity index (χ0n) is 14.2. The van der Waals surface area contributed by atoms with Crippen molar-refractivity contribution in [1.82, 2.24) is 4.90 Å². The van der Waals surface area contributed by atoms with Gasteiger partial charge in [-0.25, -0.2) is 0 Å². The van der Waals surface area contributed by atoms with Gasteiger partial charge in [0.2, 0.25) is 0 Å². The van der Waals surface area contributed by atoms with Crippen molar-refractivity contribution >= 4 is 41.0 Å². The van der Waals surface area contributed by atoms with Crippen molar-refractivity contribution in [2.45, 2.75) is 4.58 Å². The molecule has 0 saturated carbocycles. The van der Waals surface area contributed by atoms with Crippen molar-refractivity contribution in [2.75, 3.05) is 30.9 Å². The molecule has 0 bridgehead atoms. The van der Waals surface area contributed by atoms with E-state index in [1.807, 2.05) is 47.8 Å². The summed E-state index contributed by atoms with van der Waals surface area (Å²) in [5.41, 5.74) is 3.03. The van der Waals surface area contributed by atoms with E-state index in [2.05, 4.69) is 5.32 Å². The third-order valence-corrected chi connectivity index (χ3v) is 6.94. The monoisotopic (exact) mass is 372 g/mol. The summed E-state index contributed by atoms with van der Waals surface area (Å²) in [6.45, 7) is 0. The molecule has 0 atom stereocenters. The van der Waals surface area contributed by atoms with Crippen molar-refractivity contribution in [1.29, 1.82) is 0 Å². The van der Waals surface area contributed by atoms with Gasteiger partial charge in [-0.3, -0.25) is 9.59 Å². The van der Waals surface area contributed by atoms with Gasteiger partial charge < -0.3 is 10.2 Å². The fraction of sp³-hybridized carbons (Fsp3) is 0.263. The molecular formula is C19H20N2O2S2. The third kappa shape index (κ3) is 4.38. The molecule has 0 spiro atoms. The first-order valence-corrected chi connectivity index (χ1v) is 10.1. The Morgan fingerprint density at radius 2 is 1.68 bits per heavy atom. The largest absolute Gasteiger partial charge is 0.345 e. The summed E-state index contributed by atoms with van der Waals surface area (Å²) in [7, 11) is 3.41. The van der Waals surface area contributed by atoms with Crippen LogP contribution in [0.5, 0.6) is 0 Å². The van der Waals surface area contributed by atoms with Gasteiger partial charge in [0.1, 0.15) is 0 Å². The number of thioether (sulfide) groups is 2. The lowest BCUT2D eigenvalue weighted by Crippen LogP contribution is -2.21. The minimum absolute atomic E-state index is 0.0907. The predicted octanol–water partition coefficient (Wildman–Crippen LogP) is 4.12. The van der Waals surface area contributed by atoms with Crippen molar-refractivity contribution in [3.63, 3.8) is 0 Å². The summed E-state index contributed by atoms with van der Waals surface area (Å²) >= 11 is 3.89. The van der Waals surface area contributed by atoms with E-state index in [1.165, 1.54) is 22.0 Å². The molecule has 1 saturated heterocycles. The van der Waals surface area contributed by atoms with E-state index in [9.17, 15) is 9.59 Å². The number of nitrogens with one attached hydrogen (secondary N) is 1. The van der Waals surface area contributed by atoms with Crippen molar-refractivity contribution < 1.29 is 9.59 Å². The molecule has 1 fully saturated rings. The van der Waals surface area contributed by atoms with Crippen LogP contribution in [-0.4, -0.2) is 42.3 Å². The molecule has 2 aromatic rings. The maximum atomic E-state index is 12.4. The third-order valence-electron chi connectivity index (χ3n) is 3.84. The molecule has 0 aliphatic carbocycles. The molecule has 0 radical (unpaired) electrons. The van der Waals surface area contributed by atoms with E-state index in [4.69, 9.17) is 0 Å². The molecule has 1 N–H and O–H groups in total. The van der Waals surface area contributed by atoms with Crippen LogP contribution < -0.4 is 5.32 Å². The first-order valence-electron chi connectivity index (χ1n) is 8.01. The van der Waals surface area contributed by atoms with Gasteiger partial charge in [0, 0.05) is 42.4 Å². The van der Waals surface area contributed by atoms with E-state index < -0.39 is 0 Å². The number of carbonyl (C=O) groups excluding carboxylic acids is 2. The van der Waals surface area contributed by atoms with Crippen LogP contribution in [0.15, 0.2) is 48.5 Å². The predicted molar refractivity (Wildman–Crippen MR) is 107 cm³/mol. The van der Waals surface area contributed by atoms with Gasteiger partial charge in [0.15, 0.2) is 0 Å². The summed E-state index contributed by atoms with van der Waals surface area (Å²) < 4.78 is 0.478. The molecule has 6 heteroatoms. The zero-order chi connectivity index (χ0) is 17.8. The number of nitrogens with zero attached hydrogens (tertiary/aromatic N) is 1. The minimum atomic E-state index is -0.173. The number of anilines is 1. The van der Waals surface area contributed by atoms with Crippen LogP contribution in [0, 0.1) is 0 Å². The fourth-order valence-corrected chi connectivity index (χ4v) is 5.39. The fourth-order valence-electron chi connectivity index (χ4n) is 2.53. The Morgan fingerprint density at radius 3 is 2.32 bits per heavy atom. The van der Waals surface area contributed by atoms with Crippen LogP contribution in [0.1, 0.15) is 30.9 Å². The van der Waals surface area contributed by atoms with Gasteiger partial charge in [-0.05, 0) is 35.9 Å². The van der Waals surface area contributed by atoms with Crippen LogP contribution in [0.2, 0.25) is 0 Å². The number of carbonyl (C=O) groups is 2. The quantitative estimate of drug-likeness (QED) is 0.877. The lowest BCUT2D eigenvalue weighted by atomic mass is 10.1. The van der Waals surface area contributed by atoms with Crippen molar-refractivity contribution in [3.05, 3.63) is 65.2 Å². The number of hydrogen-bond acceptors (Lipinski definition) is 4. The van der Waals surface area contributed by atoms with Gasteiger partial charge >= 0.3 is 0 Å². The van der Waals surface area contributed by atoms with E-state index >= 15 is 0 Å². The molecule has 4 nitrogen and oxygen atoms in total. The van der Waals surface area contributed by atoms with Crippen LogP contribution >= 0.6 is 23.5 Å². The summed E-state index contributed by atoms with van der Waals surface area (Å²) in [6.07, 6.45) is 0. The highest BCUT2D eigenvalue weighted by atomic mass is 32.2. The normalized spacial score (nSPS) is 14.3. The SMILES string of the molecule is CN(C)C(=O)c1cccc(NC(=O)c2ccc(C3SCCS3)cc2)c1. The number of benzene rings is 2. The Labute approximate surface area is 156 Å². The van der Waals surface area contributed by atoms with Gasteiger partial charge in [-0.15, -0.1) is 23.5 Å². The molecule has 3 rings (SSSR count). The van der Waals surface area contributed by atoms with Crippen LogP contribution in [0.25, 0.3) is 0 Å². The molecule has 130 valence electrons. The smallest absolute Gasteiger partial charge is 0.255 e. The van der Waals surface area contributed by atoms with Gasteiger partial charge in [-0.1, -0.05) is 18.2 Å². The molecule has 1 heterocycles. The maximum Gasteiger partial charge on any atom is 0.255 e. The Kier molecular flexibility index (Phi) is 5.71. The molecule has 25 heavy (non-hydrogen) atoms. The van der Waals surface area contributed by atoms with E-state index in [1.54, 1.807) is 38.4 Å². The number of rotatable bonds is 4. The second kappa shape index (κ2) is 7.97. The molecule has 0 unspecified atom stereocenters. The summed E-state index contributed by atoms with van der Waals surface area (Å²) in [6, 6.07) is 14.8. The van der Waals surface area contributed by atoms with E-state index in [0.29, 0.717) is 21.4 Å². The average molecular weight is 373 g/mol. The first-order chi connectivity index (χ1) is 12.0. The van der Waals surface area contributed by atoms with Crippen molar-refractivity contribution in [3.8, 4) is 0 Å². The second-order valence-electron chi connectivity index (χ2n) is 5.93. The number of amides is 2. The highest BCUT2D eigenvalue weighted by molar-refractivity contribution is 8.19. The topological polar surface area (TPSA) is 49.4 Å². The highest BCUT2D eigenvalue weighted by Gasteiger charge is 2.18. The summed E-state index contributed by atoms with van der Waals surface area (Å²) in [5.74, 6) is 2.10. The van der Waals surface area contributed by atoms with Crippen LogP contribution in [0.4, 0.5) is 5.69 Å². The Morgan fingerprint density at radius 1 is 1.00 bits per heavy atom. The van der Waals surface area contributed by atoms with Crippen LogP contribution in [-0.2, 0) is 0 Å². The molecule has 2 aromatic carbocycles. The molecular weight excluding hydrogens is 352 g/mol. The molecule has 2 amide bonds. The Bertz CT molecular complexity index is 769. The standard InChI is InChI=1S/C19H20N2O2S2/c1-21(2)18(23)15-4-3-5-16(12-15)20-17(22)13-6-8-14(9-7-13)19-24-10-11-25-19/h3-9,12,19H,10-11H2,1-2H3,(H,20,22). The highest BCUT2D eigenvalue weighted by Crippen LogP contribution is 2.45. The average Bonchev–Trinajstić information content (AvgIpc) is 3.16. The van der Waals surface area contributed by atoms with Gasteiger partial charge in [0.05, 0.1) is 4.58 Å². The zero-order valence-corrected chi connectivity index (χ0v) is 15.8. The van der Waals surface area contributed by atoms with E-state index in [0.717, 1.165) is 0 Å². The minimum Gasteiger partial charge on any atom is -0.345 e. The molecule has 1 aliphatic heterocycles. The first kappa shape index (κ1) is 17.9. The Hall–Kier alpha value is -1.92. The second-order valence-corrected chi connectivity index (χ2v) is 8.65. The van der Waals surface area contributed by atoms with Crippen LogP contribution in [0.3, 0.4) is 0 Å². The Balaban J connectivity index is 1.69. The summed E-state index contributed by atoms with van der Waals surface area (Å²) in [4.78, 5) is 26.0. The lowest BCUT2D eigenvalue weighted by Gasteiger charge is -2.12. The molecule has 1 aliphatic rings. The van der Waals surface area contributed by atoms with E-state index in [-0.39, 0.29) is 11.8 Å². The lowest BCUT2D eigenvalue weighted by molar-refractivity contribution is 0.0827. The maximum absolute atomic E-state index is 12.4. The number of hydrogen-bond donors (Lipinski definition) is 1. The molecule has 0 aromatic heterocycles. The van der Waals surface area contributed by atoms with Gasteiger partial charge in [-0.2, -0.15) is 0 Å².